The first kappa shape index (κ1) is 16.6. The second-order valence-corrected chi connectivity index (χ2v) is 6.42. The molecule has 1 aliphatic rings. The van der Waals surface area contributed by atoms with E-state index in [1.165, 1.54) is 0 Å². The fourth-order valence-electron chi connectivity index (χ4n) is 2.23. The molecule has 22 heavy (non-hydrogen) atoms. The first-order chi connectivity index (χ1) is 10.6. The van der Waals surface area contributed by atoms with Crippen LogP contribution in [0.5, 0.6) is 0 Å². The van der Waals surface area contributed by atoms with Gasteiger partial charge in [0.05, 0.1) is 6.20 Å². The van der Waals surface area contributed by atoms with Crippen molar-refractivity contribution in [3.05, 3.63) is 48.5 Å². The van der Waals surface area contributed by atoms with Crippen LogP contribution in [-0.2, 0) is 6.54 Å². The second-order valence-electron chi connectivity index (χ2n) is 5.36. The van der Waals surface area contributed by atoms with Gasteiger partial charge in [0, 0.05) is 25.0 Å². The molecule has 1 unspecified atom stereocenters. The van der Waals surface area contributed by atoms with Crippen LogP contribution in [0.4, 0.5) is 0 Å². The van der Waals surface area contributed by atoms with E-state index in [-0.39, 0.29) is 5.91 Å². The van der Waals surface area contributed by atoms with Gasteiger partial charge < -0.3 is 9.47 Å². The second kappa shape index (κ2) is 7.49. The first-order valence-corrected chi connectivity index (χ1v) is 8.54. The molecule has 0 N–H and O–H groups in total. The predicted octanol–water partition coefficient (Wildman–Crippen LogP) is 3.73. The molecule has 0 saturated carbocycles. The Kier molecular flexibility index (Phi) is 5.66. The Morgan fingerprint density at radius 3 is 3.09 bits per heavy atom. The average Bonchev–Trinajstić information content (AvgIpc) is 3.12. The van der Waals surface area contributed by atoms with Crippen LogP contribution in [0.1, 0.15) is 30.8 Å². The highest BCUT2D eigenvalue weighted by atomic mass is 32.2. The Morgan fingerprint density at radius 2 is 2.41 bits per heavy atom. The summed E-state index contributed by atoms with van der Waals surface area (Å²) in [5, 5.41) is 0.936. The molecule has 0 bridgehead atoms. The maximum absolute atomic E-state index is 12.8. The summed E-state index contributed by atoms with van der Waals surface area (Å²) in [6, 6.07) is 0. The summed E-state index contributed by atoms with van der Waals surface area (Å²) in [7, 11) is 1.81. The number of rotatable bonds is 6. The first-order valence-electron chi connectivity index (χ1n) is 7.55. The number of thioether (sulfide) groups is 1. The average molecular weight is 317 g/mol. The van der Waals surface area contributed by atoms with Crippen LogP contribution >= 0.6 is 11.8 Å². The molecule has 0 spiro atoms. The predicted molar refractivity (Wildman–Crippen MR) is 91.9 cm³/mol. The molecule has 0 aromatic carbocycles. The minimum Gasteiger partial charge on any atom is -0.314 e. The third-order valence-electron chi connectivity index (χ3n) is 3.78. The molecule has 5 heteroatoms. The van der Waals surface area contributed by atoms with Crippen molar-refractivity contribution < 1.29 is 4.79 Å². The zero-order valence-corrected chi connectivity index (χ0v) is 14.3. The number of nitrogens with zero attached hydrogens (tertiary/aromatic N) is 3. The van der Waals surface area contributed by atoms with Gasteiger partial charge in [-0.3, -0.25) is 4.79 Å². The van der Waals surface area contributed by atoms with Crippen LogP contribution in [0, 0.1) is 5.92 Å². The van der Waals surface area contributed by atoms with E-state index in [9.17, 15) is 4.79 Å². The van der Waals surface area contributed by atoms with Gasteiger partial charge in [0.1, 0.15) is 5.69 Å². The monoisotopic (exact) mass is 317 g/mol. The van der Waals surface area contributed by atoms with E-state index in [1.807, 2.05) is 23.8 Å². The van der Waals surface area contributed by atoms with Gasteiger partial charge in [-0.25, -0.2) is 4.98 Å². The van der Waals surface area contributed by atoms with E-state index in [1.54, 1.807) is 28.9 Å². The van der Waals surface area contributed by atoms with Crippen molar-refractivity contribution in [2.45, 2.75) is 32.0 Å². The molecular formula is C17H23N3OS. The number of hydrogen-bond acceptors (Lipinski definition) is 3. The Balaban J connectivity index is 2.27. The minimum absolute atomic E-state index is 0.0236. The summed E-state index contributed by atoms with van der Waals surface area (Å²) >= 11 is 1.69. The third kappa shape index (κ3) is 3.53. The fraction of sp³-hybridized carbons (Fsp3) is 0.412. The maximum Gasteiger partial charge on any atom is 0.276 e. The highest BCUT2D eigenvalue weighted by Crippen LogP contribution is 2.26. The lowest BCUT2D eigenvalue weighted by Gasteiger charge is -2.20. The number of carbonyl (C=O) groups is 1. The molecule has 1 amide bonds. The van der Waals surface area contributed by atoms with Gasteiger partial charge in [-0.1, -0.05) is 56.8 Å². The van der Waals surface area contributed by atoms with Gasteiger partial charge in [0.2, 0.25) is 0 Å². The van der Waals surface area contributed by atoms with Crippen molar-refractivity contribution in [2.75, 3.05) is 12.8 Å². The fourth-order valence-corrected chi connectivity index (χ4v) is 3.16. The van der Waals surface area contributed by atoms with E-state index in [2.05, 4.69) is 31.5 Å². The van der Waals surface area contributed by atoms with Crippen molar-refractivity contribution >= 4 is 17.7 Å². The van der Waals surface area contributed by atoms with Crippen LogP contribution in [0.3, 0.4) is 0 Å². The number of hydrogen-bond donors (Lipinski definition) is 0. The number of fused-ring (bicyclic) bond motifs is 1. The lowest BCUT2D eigenvalue weighted by Crippen LogP contribution is -2.28. The van der Waals surface area contributed by atoms with Crippen molar-refractivity contribution in [1.82, 2.24) is 14.5 Å². The van der Waals surface area contributed by atoms with Crippen molar-refractivity contribution in [1.29, 1.82) is 0 Å². The van der Waals surface area contributed by atoms with E-state index in [0.29, 0.717) is 11.6 Å². The highest BCUT2D eigenvalue weighted by Gasteiger charge is 2.24. The molecule has 118 valence electrons. The molecule has 2 rings (SSSR count). The molecule has 1 atom stereocenters. The maximum atomic E-state index is 12.8. The summed E-state index contributed by atoms with van der Waals surface area (Å²) in [6.07, 6.45) is 10.3. The number of allylic oxidation sites excluding steroid dienone is 4. The normalized spacial score (nSPS) is 15.9. The van der Waals surface area contributed by atoms with Gasteiger partial charge in [0.25, 0.3) is 5.91 Å². The number of likely N-dealkylation sites (N-methyl/N-ethyl adjacent to an activating group) is 1. The molecule has 0 fully saturated rings. The molecule has 1 aromatic heterocycles. The lowest BCUT2D eigenvalue weighted by molar-refractivity contribution is 0.0829. The number of aromatic nitrogens is 2. The number of imidazole rings is 1. The van der Waals surface area contributed by atoms with E-state index >= 15 is 0 Å². The number of carbonyl (C=O) groups excluding carboxylic acids is 1. The highest BCUT2D eigenvalue weighted by molar-refractivity contribution is 7.99. The van der Waals surface area contributed by atoms with Gasteiger partial charge in [-0.15, -0.1) is 0 Å². The molecule has 1 aliphatic heterocycles. The summed E-state index contributed by atoms with van der Waals surface area (Å²) in [5.41, 5.74) is 1.55. The quantitative estimate of drug-likeness (QED) is 0.750. The Labute approximate surface area is 136 Å². The van der Waals surface area contributed by atoms with Gasteiger partial charge >= 0.3 is 0 Å². The molecular weight excluding hydrogens is 294 g/mol. The molecule has 1 aromatic rings. The Morgan fingerprint density at radius 1 is 1.64 bits per heavy atom. The summed E-state index contributed by atoms with van der Waals surface area (Å²) < 4.78 is 2.00. The molecule has 2 heterocycles. The summed E-state index contributed by atoms with van der Waals surface area (Å²) in [5.74, 6) is 1.37. The van der Waals surface area contributed by atoms with Crippen molar-refractivity contribution in [2.24, 2.45) is 5.92 Å². The van der Waals surface area contributed by atoms with Gasteiger partial charge in [-0.2, -0.15) is 0 Å². The number of amides is 1. The molecule has 4 nitrogen and oxygen atoms in total. The molecule has 0 saturated heterocycles. The van der Waals surface area contributed by atoms with Crippen LogP contribution in [0.25, 0.3) is 0 Å². The zero-order chi connectivity index (χ0) is 16.1. The third-order valence-corrected chi connectivity index (χ3v) is 4.75. The van der Waals surface area contributed by atoms with Crippen LogP contribution in [0.2, 0.25) is 0 Å². The Bertz CT molecular complexity index is 615. The molecule has 0 aliphatic carbocycles. The van der Waals surface area contributed by atoms with E-state index in [0.717, 1.165) is 29.6 Å². The summed E-state index contributed by atoms with van der Waals surface area (Å²) in [6.45, 7) is 8.83. The Hall–Kier alpha value is -1.75. The van der Waals surface area contributed by atoms with Gasteiger partial charge in [-0.05, 0) is 12.0 Å². The van der Waals surface area contributed by atoms with E-state index in [4.69, 9.17) is 0 Å². The van der Waals surface area contributed by atoms with Crippen molar-refractivity contribution in [3.63, 3.8) is 0 Å². The standard InChI is InChI=1S/C17H23N3OS/c1-5-7-8-14(11-13(3)6-2)19(4)16(21)15-12-18-17-20(15)9-10-22-17/h5,7-8,11-13H,1,6,9-10H2,2-4H3/b8-7-,14-11+. The SMILES string of the molecule is C=C/C=C\C(=C/C(C)CC)N(C)C(=O)c1cnc2n1CCS2. The largest absolute Gasteiger partial charge is 0.314 e. The smallest absolute Gasteiger partial charge is 0.276 e. The van der Waals surface area contributed by atoms with Crippen LogP contribution in [0.15, 0.2) is 47.9 Å². The van der Waals surface area contributed by atoms with Crippen LogP contribution < -0.4 is 0 Å². The molecule has 0 radical (unpaired) electrons. The van der Waals surface area contributed by atoms with Crippen LogP contribution in [-0.4, -0.2) is 33.2 Å². The minimum atomic E-state index is -0.0236. The van der Waals surface area contributed by atoms with E-state index < -0.39 is 0 Å². The zero-order valence-electron chi connectivity index (χ0n) is 13.5. The summed E-state index contributed by atoms with van der Waals surface area (Å²) in [4.78, 5) is 18.8. The van der Waals surface area contributed by atoms with Crippen molar-refractivity contribution in [3.8, 4) is 0 Å². The topological polar surface area (TPSA) is 38.1 Å². The van der Waals surface area contributed by atoms with Gasteiger partial charge in [0.15, 0.2) is 5.16 Å². The lowest BCUT2D eigenvalue weighted by atomic mass is 10.1.